The summed E-state index contributed by atoms with van der Waals surface area (Å²) in [5.41, 5.74) is 0.920. The average Bonchev–Trinajstić information content (AvgIpc) is 2.38. The van der Waals surface area contributed by atoms with Crippen LogP contribution in [0, 0.1) is 0 Å². The van der Waals surface area contributed by atoms with Gasteiger partial charge in [0.25, 0.3) is 0 Å². The van der Waals surface area contributed by atoms with Gasteiger partial charge in [-0.15, -0.1) is 0 Å². The van der Waals surface area contributed by atoms with Gasteiger partial charge in [-0.3, -0.25) is 4.79 Å². The Labute approximate surface area is 109 Å². The third-order valence-corrected chi connectivity index (χ3v) is 2.61. The van der Waals surface area contributed by atoms with Crippen LogP contribution >= 0.6 is 0 Å². The first-order chi connectivity index (χ1) is 8.77. The minimum atomic E-state index is 0.0924. The Morgan fingerprint density at radius 2 is 2.22 bits per heavy atom. The van der Waals surface area contributed by atoms with E-state index in [0.717, 1.165) is 24.8 Å². The fourth-order valence-corrected chi connectivity index (χ4v) is 1.64. The average molecular weight is 250 g/mol. The molecule has 18 heavy (non-hydrogen) atoms. The second kappa shape index (κ2) is 8.50. The van der Waals surface area contributed by atoms with E-state index in [9.17, 15) is 4.79 Å². The molecule has 0 bridgehead atoms. The molecule has 0 aliphatic rings. The molecule has 0 saturated heterocycles. The molecule has 0 aliphatic carbocycles. The Balaban J connectivity index is 2.40. The SMILES string of the molecule is CCCCCC(=O)NCc1cccnc1OCC. The van der Waals surface area contributed by atoms with Gasteiger partial charge in [-0.2, -0.15) is 0 Å². The lowest BCUT2D eigenvalue weighted by molar-refractivity contribution is -0.121. The number of hydrogen-bond acceptors (Lipinski definition) is 3. The topological polar surface area (TPSA) is 51.2 Å². The second-order valence-electron chi connectivity index (χ2n) is 4.13. The van der Waals surface area contributed by atoms with Crippen molar-refractivity contribution >= 4 is 5.91 Å². The van der Waals surface area contributed by atoms with Crippen LogP contribution in [0.25, 0.3) is 0 Å². The molecule has 1 N–H and O–H groups in total. The first-order valence-corrected chi connectivity index (χ1v) is 6.61. The van der Waals surface area contributed by atoms with Crippen molar-refractivity contribution in [2.45, 2.75) is 46.1 Å². The number of ether oxygens (including phenoxy) is 1. The number of carbonyl (C=O) groups excluding carboxylic acids is 1. The number of amides is 1. The highest BCUT2D eigenvalue weighted by molar-refractivity contribution is 5.75. The van der Waals surface area contributed by atoms with Gasteiger partial charge in [0.2, 0.25) is 11.8 Å². The number of aromatic nitrogens is 1. The first-order valence-electron chi connectivity index (χ1n) is 6.61. The molecule has 1 aromatic rings. The molecular formula is C14H22N2O2. The van der Waals surface area contributed by atoms with E-state index in [0.29, 0.717) is 25.5 Å². The molecule has 0 unspecified atom stereocenters. The van der Waals surface area contributed by atoms with E-state index >= 15 is 0 Å². The predicted molar refractivity (Wildman–Crippen MR) is 71.4 cm³/mol. The maximum atomic E-state index is 11.6. The van der Waals surface area contributed by atoms with Gasteiger partial charge in [0.15, 0.2) is 0 Å². The summed E-state index contributed by atoms with van der Waals surface area (Å²) >= 11 is 0. The molecule has 0 fully saturated rings. The van der Waals surface area contributed by atoms with Crippen LogP contribution < -0.4 is 10.1 Å². The highest BCUT2D eigenvalue weighted by atomic mass is 16.5. The van der Waals surface area contributed by atoms with Gasteiger partial charge in [0.1, 0.15) is 0 Å². The largest absolute Gasteiger partial charge is 0.478 e. The Kier molecular flexibility index (Phi) is 6.84. The van der Waals surface area contributed by atoms with E-state index in [-0.39, 0.29) is 5.91 Å². The second-order valence-corrected chi connectivity index (χ2v) is 4.13. The van der Waals surface area contributed by atoms with Crippen molar-refractivity contribution in [3.63, 3.8) is 0 Å². The van der Waals surface area contributed by atoms with Crippen molar-refractivity contribution in [1.29, 1.82) is 0 Å². The number of rotatable bonds is 8. The van der Waals surface area contributed by atoms with Crippen molar-refractivity contribution in [2.24, 2.45) is 0 Å². The third kappa shape index (κ3) is 5.17. The summed E-state index contributed by atoms with van der Waals surface area (Å²) in [6, 6.07) is 3.77. The molecule has 4 heteroatoms. The van der Waals surface area contributed by atoms with Crippen LogP contribution in [0.2, 0.25) is 0 Å². The summed E-state index contributed by atoms with van der Waals surface area (Å²) < 4.78 is 5.41. The normalized spacial score (nSPS) is 10.1. The van der Waals surface area contributed by atoms with Crippen molar-refractivity contribution < 1.29 is 9.53 Å². The van der Waals surface area contributed by atoms with Gasteiger partial charge < -0.3 is 10.1 Å². The number of carbonyl (C=O) groups is 1. The maximum absolute atomic E-state index is 11.6. The van der Waals surface area contributed by atoms with Crippen LogP contribution in [0.15, 0.2) is 18.3 Å². The molecule has 1 heterocycles. The highest BCUT2D eigenvalue weighted by Crippen LogP contribution is 2.13. The quantitative estimate of drug-likeness (QED) is 0.722. The highest BCUT2D eigenvalue weighted by Gasteiger charge is 2.06. The monoisotopic (exact) mass is 250 g/mol. The number of nitrogens with one attached hydrogen (secondary N) is 1. The van der Waals surface area contributed by atoms with Gasteiger partial charge in [-0.1, -0.05) is 25.8 Å². The van der Waals surface area contributed by atoms with Crippen molar-refractivity contribution in [3.8, 4) is 5.88 Å². The molecule has 0 aromatic carbocycles. The lowest BCUT2D eigenvalue weighted by Crippen LogP contribution is -2.22. The first kappa shape index (κ1) is 14.5. The van der Waals surface area contributed by atoms with E-state index in [1.807, 2.05) is 19.1 Å². The third-order valence-electron chi connectivity index (χ3n) is 2.61. The summed E-state index contributed by atoms with van der Waals surface area (Å²) in [6.07, 6.45) is 5.47. The summed E-state index contributed by atoms with van der Waals surface area (Å²) in [5.74, 6) is 0.698. The van der Waals surface area contributed by atoms with E-state index in [1.54, 1.807) is 6.20 Å². The fourth-order valence-electron chi connectivity index (χ4n) is 1.64. The van der Waals surface area contributed by atoms with E-state index in [1.165, 1.54) is 0 Å². The maximum Gasteiger partial charge on any atom is 0.220 e. The van der Waals surface area contributed by atoms with Crippen molar-refractivity contribution in [2.75, 3.05) is 6.61 Å². The minimum Gasteiger partial charge on any atom is -0.478 e. The molecule has 0 saturated carbocycles. The Bertz CT molecular complexity index is 367. The van der Waals surface area contributed by atoms with Crippen molar-refractivity contribution in [3.05, 3.63) is 23.9 Å². The van der Waals surface area contributed by atoms with Gasteiger partial charge in [0, 0.05) is 24.7 Å². The zero-order chi connectivity index (χ0) is 13.2. The number of pyridine rings is 1. The van der Waals surface area contributed by atoms with Crippen molar-refractivity contribution in [1.82, 2.24) is 10.3 Å². The lowest BCUT2D eigenvalue weighted by atomic mass is 10.2. The zero-order valence-electron chi connectivity index (χ0n) is 11.2. The van der Waals surface area contributed by atoms with E-state index in [4.69, 9.17) is 4.74 Å². The number of unbranched alkanes of at least 4 members (excludes halogenated alkanes) is 2. The van der Waals surface area contributed by atoms with Crippen LogP contribution in [0.3, 0.4) is 0 Å². The molecule has 0 atom stereocenters. The van der Waals surface area contributed by atoms with Gasteiger partial charge in [0.05, 0.1) is 6.61 Å². The lowest BCUT2D eigenvalue weighted by Gasteiger charge is -2.09. The number of nitrogens with zero attached hydrogens (tertiary/aromatic N) is 1. The molecule has 0 spiro atoms. The molecule has 1 amide bonds. The predicted octanol–water partition coefficient (Wildman–Crippen LogP) is 2.68. The van der Waals surface area contributed by atoms with Gasteiger partial charge >= 0.3 is 0 Å². The molecule has 4 nitrogen and oxygen atoms in total. The zero-order valence-corrected chi connectivity index (χ0v) is 11.2. The standard InChI is InChI=1S/C14H22N2O2/c1-3-5-6-9-13(17)16-11-12-8-7-10-15-14(12)18-4-2/h7-8,10H,3-6,9,11H2,1-2H3,(H,16,17). The van der Waals surface area contributed by atoms with Gasteiger partial charge in [-0.05, 0) is 19.4 Å². The Hall–Kier alpha value is -1.58. The van der Waals surface area contributed by atoms with Crippen LogP contribution in [0.4, 0.5) is 0 Å². The molecule has 1 aromatic heterocycles. The van der Waals surface area contributed by atoms with Crippen LogP contribution in [-0.4, -0.2) is 17.5 Å². The Morgan fingerprint density at radius 1 is 1.39 bits per heavy atom. The van der Waals surface area contributed by atoms with E-state index < -0.39 is 0 Å². The summed E-state index contributed by atoms with van der Waals surface area (Å²) in [7, 11) is 0. The van der Waals surface area contributed by atoms with Crippen LogP contribution in [0.5, 0.6) is 5.88 Å². The molecule has 0 aliphatic heterocycles. The molecule has 0 radical (unpaired) electrons. The fraction of sp³-hybridized carbons (Fsp3) is 0.571. The Morgan fingerprint density at radius 3 is 2.94 bits per heavy atom. The number of hydrogen-bond donors (Lipinski definition) is 1. The summed E-state index contributed by atoms with van der Waals surface area (Å²) in [6.45, 7) is 5.10. The molecule has 1 rings (SSSR count). The minimum absolute atomic E-state index is 0.0924. The summed E-state index contributed by atoms with van der Waals surface area (Å²) in [5, 5.41) is 2.90. The van der Waals surface area contributed by atoms with Gasteiger partial charge in [-0.25, -0.2) is 4.98 Å². The summed E-state index contributed by atoms with van der Waals surface area (Å²) in [4.78, 5) is 15.7. The van der Waals surface area contributed by atoms with E-state index in [2.05, 4.69) is 17.2 Å². The molecule has 100 valence electrons. The molecular weight excluding hydrogens is 228 g/mol. The van der Waals surface area contributed by atoms with Crippen LogP contribution in [-0.2, 0) is 11.3 Å². The smallest absolute Gasteiger partial charge is 0.220 e. The van der Waals surface area contributed by atoms with Crippen LogP contribution in [0.1, 0.15) is 45.1 Å².